The van der Waals surface area contributed by atoms with Gasteiger partial charge in [-0.1, -0.05) is 51.1 Å². The molecule has 162 valence electrons. The van der Waals surface area contributed by atoms with Crippen molar-refractivity contribution < 1.29 is 9.53 Å². The van der Waals surface area contributed by atoms with Crippen LogP contribution in [0.5, 0.6) is 5.75 Å². The summed E-state index contributed by atoms with van der Waals surface area (Å²) >= 11 is 0. The van der Waals surface area contributed by atoms with Crippen molar-refractivity contribution in [1.29, 1.82) is 0 Å². The van der Waals surface area contributed by atoms with E-state index < -0.39 is 0 Å². The number of amides is 1. The Hall–Kier alpha value is -2.33. The molecule has 1 aliphatic rings. The molecule has 0 saturated carbocycles. The fourth-order valence-corrected chi connectivity index (χ4v) is 4.41. The van der Waals surface area contributed by atoms with Crippen molar-refractivity contribution in [1.82, 2.24) is 10.2 Å². The highest BCUT2D eigenvalue weighted by molar-refractivity contribution is 5.95. The molecule has 1 fully saturated rings. The maximum Gasteiger partial charge on any atom is 0.251 e. The van der Waals surface area contributed by atoms with Crippen LogP contribution in [-0.2, 0) is 6.42 Å². The normalized spacial score (nSPS) is 16.8. The molecule has 2 aromatic rings. The Bertz CT molecular complexity index is 847. The van der Waals surface area contributed by atoms with E-state index >= 15 is 0 Å². The van der Waals surface area contributed by atoms with Gasteiger partial charge in [0.2, 0.25) is 0 Å². The lowest BCUT2D eigenvalue weighted by atomic mass is 9.95. The minimum absolute atomic E-state index is 0.00361. The highest BCUT2D eigenvalue weighted by Gasteiger charge is 2.23. The predicted octanol–water partition coefficient (Wildman–Crippen LogP) is 5.16. The van der Waals surface area contributed by atoms with Crippen molar-refractivity contribution in [2.24, 2.45) is 5.92 Å². The van der Waals surface area contributed by atoms with Gasteiger partial charge in [0, 0.05) is 23.7 Å². The molecule has 1 N–H and O–H groups in total. The van der Waals surface area contributed by atoms with Crippen LogP contribution in [0, 0.1) is 5.92 Å². The number of likely N-dealkylation sites (N-methyl/N-ethyl adjacent to an activating group) is 1. The summed E-state index contributed by atoms with van der Waals surface area (Å²) in [5, 5.41) is 3.15. The Morgan fingerprint density at radius 1 is 1.20 bits per heavy atom. The van der Waals surface area contributed by atoms with Crippen molar-refractivity contribution in [3.05, 3.63) is 53.6 Å². The van der Waals surface area contributed by atoms with Gasteiger partial charge in [0.25, 0.3) is 5.91 Å². The van der Waals surface area contributed by atoms with Crippen molar-refractivity contribution in [3.8, 4) is 16.9 Å². The van der Waals surface area contributed by atoms with Gasteiger partial charge >= 0.3 is 0 Å². The second-order valence-corrected chi connectivity index (χ2v) is 8.54. The first-order chi connectivity index (χ1) is 14.5. The first-order valence-electron chi connectivity index (χ1n) is 11.4. The van der Waals surface area contributed by atoms with Crippen LogP contribution < -0.4 is 10.1 Å². The van der Waals surface area contributed by atoms with Gasteiger partial charge in [0.05, 0.1) is 6.61 Å². The molecule has 2 aromatic carbocycles. The fraction of sp³-hybridized carbons (Fsp3) is 0.500. The summed E-state index contributed by atoms with van der Waals surface area (Å²) in [6.07, 6.45) is 3.35. The number of benzene rings is 2. The van der Waals surface area contributed by atoms with Crippen molar-refractivity contribution in [3.63, 3.8) is 0 Å². The number of para-hydroxylation sites is 1. The van der Waals surface area contributed by atoms with E-state index in [-0.39, 0.29) is 5.91 Å². The zero-order valence-electron chi connectivity index (χ0n) is 18.9. The second-order valence-electron chi connectivity index (χ2n) is 8.54. The van der Waals surface area contributed by atoms with Gasteiger partial charge in [0.1, 0.15) is 5.75 Å². The number of nitrogens with zero attached hydrogens (tertiary/aromatic N) is 1. The molecular weight excluding hydrogens is 372 g/mol. The third-order valence-electron chi connectivity index (χ3n) is 5.85. The lowest BCUT2D eigenvalue weighted by Crippen LogP contribution is -2.40. The lowest BCUT2D eigenvalue weighted by Gasteiger charge is -2.23. The average Bonchev–Trinajstić information content (AvgIpc) is 3.20. The number of nitrogens with one attached hydrogen (secondary N) is 1. The molecular formula is C26H36N2O2. The molecule has 1 heterocycles. The largest absolute Gasteiger partial charge is 0.493 e. The molecule has 1 aliphatic heterocycles. The van der Waals surface area contributed by atoms with Crippen LogP contribution >= 0.6 is 0 Å². The number of carbonyl (C=O) groups excluding carboxylic acids is 1. The third kappa shape index (κ3) is 5.42. The third-order valence-corrected chi connectivity index (χ3v) is 5.85. The van der Waals surface area contributed by atoms with Crippen LogP contribution in [0.1, 0.15) is 56.5 Å². The molecule has 1 saturated heterocycles. The first-order valence-corrected chi connectivity index (χ1v) is 11.4. The standard InChI is InChI=1S/C26H36N2O2/c1-5-28-15-9-13-23(28)18-27-26(29)22-12-7-10-20(17-22)24-14-8-11-21(16-19(3)4)25(24)30-6-2/h7-8,10-12,14,17,19,23H,5-6,9,13,15-16,18H2,1-4H3,(H,27,29)/t23-/m0/s1. The minimum atomic E-state index is -0.00361. The highest BCUT2D eigenvalue weighted by atomic mass is 16.5. The van der Waals surface area contributed by atoms with Crippen LogP contribution in [0.25, 0.3) is 11.1 Å². The fourth-order valence-electron chi connectivity index (χ4n) is 4.41. The summed E-state index contributed by atoms with van der Waals surface area (Å²) in [6, 6.07) is 14.7. The number of likely N-dealkylation sites (tertiary alicyclic amines) is 1. The van der Waals surface area contributed by atoms with E-state index in [1.165, 1.54) is 12.0 Å². The van der Waals surface area contributed by atoms with Gasteiger partial charge in [-0.15, -0.1) is 0 Å². The van der Waals surface area contributed by atoms with Crippen LogP contribution in [-0.4, -0.2) is 43.1 Å². The molecule has 0 bridgehead atoms. The summed E-state index contributed by atoms with van der Waals surface area (Å²) in [5.74, 6) is 1.49. The maximum atomic E-state index is 12.8. The van der Waals surface area contributed by atoms with E-state index in [9.17, 15) is 4.79 Å². The Labute approximate surface area is 181 Å². The Balaban J connectivity index is 1.80. The average molecular weight is 409 g/mol. The Kier molecular flexibility index (Phi) is 7.92. The van der Waals surface area contributed by atoms with Crippen LogP contribution in [0.15, 0.2) is 42.5 Å². The molecule has 0 spiro atoms. The summed E-state index contributed by atoms with van der Waals surface area (Å²) in [5.41, 5.74) is 4.00. The number of ether oxygens (including phenoxy) is 1. The lowest BCUT2D eigenvalue weighted by molar-refractivity contribution is 0.0941. The van der Waals surface area contributed by atoms with Gasteiger partial charge in [0.15, 0.2) is 0 Å². The van der Waals surface area contributed by atoms with E-state index in [1.807, 2.05) is 25.1 Å². The van der Waals surface area contributed by atoms with E-state index in [0.29, 0.717) is 30.7 Å². The van der Waals surface area contributed by atoms with Gasteiger partial charge in [-0.05, 0) is 68.5 Å². The summed E-state index contributed by atoms with van der Waals surface area (Å²) < 4.78 is 6.06. The topological polar surface area (TPSA) is 41.6 Å². The van der Waals surface area contributed by atoms with Gasteiger partial charge < -0.3 is 10.1 Å². The van der Waals surface area contributed by atoms with E-state index in [2.05, 4.69) is 55.3 Å². The Morgan fingerprint density at radius 2 is 2.00 bits per heavy atom. The van der Waals surface area contributed by atoms with Crippen molar-refractivity contribution in [2.45, 2.75) is 53.0 Å². The minimum Gasteiger partial charge on any atom is -0.493 e. The summed E-state index contributed by atoms with van der Waals surface area (Å²) in [4.78, 5) is 15.3. The molecule has 30 heavy (non-hydrogen) atoms. The highest BCUT2D eigenvalue weighted by Crippen LogP contribution is 2.35. The molecule has 1 amide bonds. The predicted molar refractivity (Wildman–Crippen MR) is 124 cm³/mol. The monoisotopic (exact) mass is 408 g/mol. The van der Waals surface area contributed by atoms with Crippen molar-refractivity contribution >= 4 is 5.91 Å². The van der Waals surface area contributed by atoms with Gasteiger partial charge in [-0.3, -0.25) is 9.69 Å². The molecule has 1 atom stereocenters. The van der Waals surface area contributed by atoms with Crippen molar-refractivity contribution in [2.75, 3.05) is 26.2 Å². The summed E-state index contributed by atoms with van der Waals surface area (Å²) in [6.45, 7) is 12.2. The molecule has 0 aromatic heterocycles. The van der Waals surface area contributed by atoms with Crippen LogP contribution in [0.4, 0.5) is 0 Å². The second kappa shape index (κ2) is 10.6. The molecule has 4 heteroatoms. The van der Waals surface area contributed by atoms with E-state index in [1.54, 1.807) is 0 Å². The molecule has 0 aliphatic carbocycles. The number of hydrogen-bond donors (Lipinski definition) is 1. The van der Waals surface area contributed by atoms with Gasteiger partial charge in [-0.2, -0.15) is 0 Å². The van der Waals surface area contributed by atoms with E-state index in [0.717, 1.165) is 42.8 Å². The SMILES string of the molecule is CCOc1c(CC(C)C)cccc1-c1cccc(C(=O)NC[C@@H]2CCCN2CC)c1. The molecule has 4 nitrogen and oxygen atoms in total. The smallest absolute Gasteiger partial charge is 0.251 e. The van der Waals surface area contributed by atoms with Crippen LogP contribution in [0.2, 0.25) is 0 Å². The summed E-state index contributed by atoms with van der Waals surface area (Å²) in [7, 11) is 0. The maximum absolute atomic E-state index is 12.8. The zero-order valence-corrected chi connectivity index (χ0v) is 18.9. The Morgan fingerprint density at radius 3 is 2.73 bits per heavy atom. The quantitative estimate of drug-likeness (QED) is 0.623. The van der Waals surface area contributed by atoms with E-state index in [4.69, 9.17) is 4.74 Å². The van der Waals surface area contributed by atoms with Crippen LogP contribution in [0.3, 0.4) is 0 Å². The van der Waals surface area contributed by atoms with Gasteiger partial charge in [-0.25, -0.2) is 0 Å². The molecule has 3 rings (SSSR count). The molecule has 0 radical (unpaired) electrons. The molecule has 0 unspecified atom stereocenters. The zero-order chi connectivity index (χ0) is 21.5. The first kappa shape index (κ1) is 22.4. The number of carbonyl (C=O) groups is 1. The number of rotatable bonds is 9. The number of hydrogen-bond acceptors (Lipinski definition) is 3.